The zero-order valence-corrected chi connectivity index (χ0v) is 11.8. The molecule has 1 aliphatic carbocycles. The van der Waals surface area contributed by atoms with Crippen LogP contribution in [0.2, 0.25) is 0 Å². The highest BCUT2D eigenvalue weighted by Gasteiger charge is 2.19. The van der Waals surface area contributed by atoms with Crippen LogP contribution in [0, 0.1) is 0 Å². The van der Waals surface area contributed by atoms with E-state index >= 15 is 0 Å². The molecule has 4 heteroatoms. The number of nitrogens with one attached hydrogen (secondary N) is 1. The molecule has 1 N–H and O–H groups in total. The molecule has 0 bridgehead atoms. The number of hydrogen-bond acceptors (Lipinski definition) is 3. The summed E-state index contributed by atoms with van der Waals surface area (Å²) in [4.78, 5) is 4.49. The van der Waals surface area contributed by atoms with Gasteiger partial charge in [-0.25, -0.2) is 4.98 Å². The summed E-state index contributed by atoms with van der Waals surface area (Å²) in [7, 11) is 0. The monoisotopic (exact) mass is 265 g/mol. The van der Waals surface area contributed by atoms with Crippen molar-refractivity contribution in [2.24, 2.45) is 0 Å². The molecule has 18 heavy (non-hydrogen) atoms. The van der Waals surface area contributed by atoms with E-state index in [4.69, 9.17) is 0 Å². The Balaban J connectivity index is 1.59. The van der Waals surface area contributed by atoms with E-state index in [1.807, 2.05) is 6.20 Å². The molecule has 0 spiro atoms. The Morgan fingerprint density at radius 3 is 2.89 bits per heavy atom. The van der Waals surface area contributed by atoms with E-state index in [1.54, 1.807) is 0 Å². The standard InChI is InChI=1S/C14H23N3S/c1-2-5-12(6-3-1)16-14-15-8-9-17(14)11-13-7-4-10-18-13/h8-9,12-13H,1-7,10-11H2,(H,15,16). The van der Waals surface area contributed by atoms with Gasteiger partial charge in [0.15, 0.2) is 0 Å². The molecule has 1 saturated heterocycles. The van der Waals surface area contributed by atoms with Crippen LogP contribution < -0.4 is 5.32 Å². The summed E-state index contributed by atoms with van der Waals surface area (Å²) in [6, 6.07) is 0.649. The minimum absolute atomic E-state index is 0.649. The lowest BCUT2D eigenvalue weighted by Gasteiger charge is -2.24. The second kappa shape index (κ2) is 6.00. The Bertz CT molecular complexity index is 365. The Labute approximate surface area is 114 Å². The summed E-state index contributed by atoms with van der Waals surface area (Å²) >= 11 is 2.12. The maximum Gasteiger partial charge on any atom is 0.203 e. The van der Waals surface area contributed by atoms with E-state index in [2.05, 4.69) is 32.8 Å². The summed E-state index contributed by atoms with van der Waals surface area (Å²) in [5, 5.41) is 4.44. The fraction of sp³-hybridized carbons (Fsp3) is 0.786. The number of aromatic nitrogens is 2. The molecule has 2 heterocycles. The van der Waals surface area contributed by atoms with Crippen LogP contribution in [-0.2, 0) is 6.54 Å². The van der Waals surface area contributed by atoms with Crippen molar-refractivity contribution in [1.82, 2.24) is 9.55 Å². The third-order valence-corrected chi connectivity index (χ3v) is 5.46. The van der Waals surface area contributed by atoms with E-state index < -0.39 is 0 Å². The summed E-state index contributed by atoms with van der Waals surface area (Å²) in [6.45, 7) is 1.12. The molecule has 0 radical (unpaired) electrons. The Hall–Kier alpha value is -0.640. The third-order valence-electron chi connectivity index (χ3n) is 4.08. The van der Waals surface area contributed by atoms with Gasteiger partial charge in [0, 0.05) is 30.2 Å². The first kappa shape index (κ1) is 12.4. The fourth-order valence-corrected chi connectivity index (χ4v) is 4.30. The number of nitrogens with zero attached hydrogens (tertiary/aromatic N) is 2. The van der Waals surface area contributed by atoms with Gasteiger partial charge < -0.3 is 9.88 Å². The lowest BCUT2D eigenvalue weighted by atomic mass is 9.96. The molecule has 1 atom stereocenters. The largest absolute Gasteiger partial charge is 0.353 e. The molecule has 1 unspecified atom stereocenters. The second-order valence-corrected chi connectivity index (χ2v) is 6.93. The maximum absolute atomic E-state index is 4.49. The average Bonchev–Trinajstić information content (AvgIpc) is 3.04. The SMILES string of the molecule is c1cn(CC2CCCS2)c(NC2CCCCC2)n1. The highest BCUT2D eigenvalue weighted by Crippen LogP contribution is 2.28. The van der Waals surface area contributed by atoms with Crippen LogP contribution in [0.1, 0.15) is 44.9 Å². The van der Waals surface area contributed by atoms with Crippen molar-refractivity contribution < 1.29 is 0 Å². The number of thioether (sulfide) groups is 1. The van der Waals surface area contributed by atoms with Gasteiger partial charge in [-0.05, 0) is 31.4 Å². The molecule has 2 fully saturated rings. The van der Waals surface area contributed by atoms with Gasteiger partial charge in [0.1, 0.15) is 0 Å². The Morgan fingerprint density at radius 2 is 2.11 bits per heavy atom. The Kier molecular flexibility index (Phi) is 4.13. The molecule has 1 aliphatic heterocycles. The first-order valence-electron chi connectivity index (χ1n) is 7.31. The molecular weight excluding hydrogens is 242 g/mol. The summed E-state index contributed by atoms with van der Waals surface area (Å²) in [5.74, 6) is 2.43. The lowest BCUT2D eigenvalue weighted by Crippen LogP contribution is -2.25. The number of imidazole rings is 1. The van der Waals surface area contributed by atoms with Gasteiger partial charge >= 0.3 is 0 Å². The molecule has 0 aromatic carbocycles. The maximum atomic E-state index is 4.49. The van der Waals surface area contributed by atoms with Crippen molar-refractivity contribution in [2.45, 2.75) is 62.8 Å². The van der Waals surface area contributed by atoms with Crippen LogP contribution in [0.25, 0.3) is 0 Å². The smallest absolute Gasteiger partial charge is 0.203 e. The van der Waals surface area contributed by atoms with E-state index in [0.717, 1.165) is 17.7 Å². The number of rotatable bonds is 4. The van der Waals surface area contributed by atoms with Crippen LogP contribution in [0.5, 0.6) is 0 Å². The average molecular weight is 265 g/mol. The summed E-state index contributed by atoms with van der Waals surface area (Å²) in [5.41, 5.74) is 0. The topological polar surface area (TPSA) is 29.9 Å². The molecule has 1 aromatic rings. The fourth-order valence-electron chi connectivity index (χ4n) is 3.03. The Morgan fingerprint density at radius 1 is 1.22 bits per heavy atom. The van der Waals surface area contributed by atoms with Gasteiger partial charge in [0.05, 0.1) is 0 Å². The van der Waals surface area contributed by atoms with E-state index in [0.29, 0.717) is 6.04 Å². The normalized spacial score (nSPS) is 25.4. The highest BCUT2D eigenvalue weighted by molar-refractivity contribution is 8.00. The van der Waals surface area contributed by atoms with Gasteiger partial charge in [-0.3, -0.25) is 0 Å². The molecule has 1 aromatic heterocycles. The van der Waals surface area contributed by atoms with Crippen molar-refractivity contribution >= 4 is 17.7 Å². The lowest BCUT2D eigenvalue weighted by molar-refractivity contribution is 0.458. The number of anilines is 1. The molecule has 1 saturated carbocycles. The van der Waals surface area contributed by atoms with Crippen molar-refractivity contribution in [3.8, 4) is 0 Å². The molecule has 3 nitrogen and oxygen atoms in total. The number of hydrogen-bond donors (Lipinski definition) is 1. The third kappa shape index (κ3) is 3.02. The predicted octanol–water partition coefficient (Wildman–Crippen LogP) is 3.52. The summed E-state index contributed by atoms with van der Waals surface area (Å²) in [6.07, 6.45) is 13.6. The summed E-state index contributed by atoms with van der Waals surface area (Å²) < 4.78 is 2.32. The van der Waals surface area contributed by atoms with E-state index in [-0.39, 0.29) is 0 Å². The first-order chi connectivity index (χ1) is 8.92. The van der Waals surface area contributed by atoms with Crippen LogP contribution >= 0.6 is 11.8 Å². The van der Waals surface area contributed by atoms with Gasteiger partial charge in [-0.1, -0.05) is 19.3 Å². The first-order valence-corrected chi connectivity index (χ1v) is 8.36. The molecular formula is C14H23N3S. The van der Waals surface area contributed by atoms with Crippen LogP contribution in [0.15, 0.2) is 12.4 Å². The van der Waals surface area contributed by atoms with Crippen molar-refractivity contribution in [1.29, 1.82) is 0 Å². The molecule has 3 rings (SSSR count). The van der Waals surface area contributed by atoms with Crippen LogP contribution in [0.3, 0.4) is 0 Å². The van der Waals surface area contributed by atoms with Gasteiger partial charge in [-0.15, -0.1) is 0 Å². The van der Waals surface area contributed by atoms with E-state index in [9.17, 15) is 0 Å². The van der Waals surface area contributed by atoms with E-state index in [1.165, 1.54) is 50.7 Å². The van der Waals surface area contributed by atoms with Crippen molar-refractivity contribution in [3.63, 3.8) is 0 Å². The molecule has 100 valence electrons. The zero-order valence-electron chi connectivity index (χ0n) is 11.0. The van der Waals surface area contributed by atoms with Crippen molar-refractivity contribution in [2.75, 3.05) is 11.1 Å². The van der Waals surface area contributed by atoms with Gasteiger partial charge in [0.2, 0.25) is 5.95 Å². The zero-order chi connectivity index (χ0) is 12.2. The molecule has 2 aliphatic rings. The van der Waals surface area contributed by atoms with Crippen molar-refractivity contribution in [3.05, 3.63) is 12.4 Å². The minimum Gasteiger partial charge on any atom is -0.353 e. The van der Waals surface area contributed by atoms with Crippen LogP contribution in [-0.4, -0.2) is 26.6 Å². The molecule has 0 amide bonds. The quantitative estimate of drug-likeness (QED) is 0.903. The van der Waals surface area contributed by atoms with Crippen LogP contribution in [0.4, 0.5) is 5.95 Å². The second-order valence-electron chi connectivity index (χ2n) is 5.52. The predicted molar refractivity (Wildman–Crippen MR) is 78.2 cm³/mol. The van der Waals surface area contributed by atoms with Gasteiger partial charge in [0.25, 0.3) is 0 Å². The van der Waals surface area contributed by atoms with Gasteiger partial charge in [-0.2, -0.15) is 11.8 Å². The minimum atomic E-state index is 0.649. The highest BCUT2D eigenvalue weighted by atomic mass is 32.2.